The molecule has 0 bridgehead atoms. The van der Waals surface area contributed by atoms with Crippen LogP contribution in [-0.2, 0) is 6.42 Å². The molecule has 0 spiro atoms. The van der Waals surface area contributed by atoms with Crippen molar-refractivity contribution in [2.24, 2.45) is 10.9 Å². The minimum Gasteiger partial charge on any atom is -0.409 e. The number of halogens is 1. The molecule has 0 fully saturated rings. The molecule has 0 radical (unpaired) electrons. The van der Waals surface area contributed by atoms with Crippen molar-refractivity contribution in [3.63, 3.8) is 0 Å². The fourth-order valence-electron chi connectivity index (χ4n) is 2.32. The molecule has 2 aromatic rings. The molecule has 0 atom stereocenters. The molecule has 0 saturated heterocycles. The van der Waals surface area contributed by atoms with Crippen LogP contribution in [0.2, 0.25) is 0 Å². The predicted octanol–water partition coefficient (Wildman–Crippen LogP) is 2.91. The van der Waals surface area contributed by atoms with E-state index in [0.717, 1.165) is 28.0 Å². The van der Waals surface area contributed by atoms with E-state index in [-0.39, 0.29) is 5.84 Å². The maximum absolute atomic E-state index is 8.71. The Labute approximate surface area is 126 Å². The molecule has 5 nitrogen and oxygen atoms in total. The zero-order valence-electron chi connectivity index (χ0n) is 11.7. The van der Waals surface area contributed by atoms with Crippen LogP contribution in [0, 0.1) is 13.8 Å². The minimum atomic E-state index is 0.0832. The summed E-state index contributed by atoms with van der Waals surface area (Å²) < 4.78 is 2.75. The topological polar surface area (TPSA) is 76.4 Å². The van der Waals surface area contributed by atoms with Crippen LogP contribution in [0.4, 0.5) is 0 Å². The van der Waals surface area contributed by atoms with Crippen LogP contribution in [0.25, 0.3) is 5.69 Å². The summed E-state index contributed by atoms with van der Waals surface area (Å²) in [7, 11) is 0. The van der Waals surface area contributed by atoms with Gasteiger partial charge in [-0.2, -0.15) is 5.10 Å². The van der Waals surface area contributed by atoms with E-state index in [1.165, 1.54) is 5.56 Å². The van der Waals surface area contributed by atoms with Gasteiger partial charge in [0.15, 0.2) is 5.84 Å². The molecule has 0 aliphatic heterocycles. The fourth-order valence-corrected chi connectivity index (χ4v) is 2.86. The molecule has 6 heteroatoms. The summed E-state index contributed by atoms with van der Waals surface area (Å²) in [5.74, 6) is 0.0832. The van der Waals surface area contributed by atoms with Gasteiger partial charge in [-0.15, -0.1) is 0 Å². The average molecular weight is 337 g/mol. The van der Waals surface area contributed by atoms with Crippen molar-refractivity contribution in [3.8, 4) is 5.69 Å². The summed E-state index contributed by atoms with van der Waals surface area (Å²) in [6.07, 6.45) is 0.956. The first-order valence-corrected chi connectivity index (χ1v) is 7.11. The van der Waals surface area contributed by atoms with Crippen LogP contribution in [0.3, 0.4) is 0 Å². The van der Waals surface area contributed by atoms with Gasteiger partial charge < -0.3 is 10.9 Å². The van der Waals surface area contributed by atoms with E-state index in [4.69, 9.17) is 10.9 Å². The van der Waals surface area contributed by atoms with E-state index in [9.17, 15) is 0 Å². The summed E-state index contributed by atoms with van der Waals surface area (Å²) >= 11 is 3.52. The molecule has 0 aliphatic rings. The third kappa shape index (κ3) is 2.43. The van der Waals surface area contributed by atoms with Crippen LogP contribution in [-0.4, -0.2) is 20.8 Å². The van der Waals surface area contributed by atoms with Gasteiger partial charge in [-0.05, 0) is 60.0 Å². The molecule has 0 aliphatic carbocycles. The van der Waals surface area contributed by atoms with Gasteiger partial charge in [0.2, 0.25) is 0 Å². The number of hydrogen-bond acceptors (Lipinski definition) is 3. The van der Waals surface area contributed by atoms with Crippen molar-refractivity contribution >= 4 is 21.8 Å². The van der Waals surface area contributed by atoms with Gasteiger partial charge in [0.25, 0.3) is 0 Å². The molecule has 1 heterocycles. The van der Waals surface area contributed by atoms with E-state index in [2.05, 4.69) is 40.0 Å². The number of benzene rings is 1. The number of rotatable bonds is 3. The van der Waals surface area contributed by atoms with Gasteiger partial charge in [0.05, 0.1) is 11.4 Å². The Balaban J connectivity index is 2.54. The lowest BCUT2D eigenvalue weighted by Crippen LogP contribution is -2.13. The molecular weight excluding hydrogens is 320 g/mol. The van der Waals surface area contributed by atoms with Crippen LogP contribution < -0.4 is 5.73 Å². The third-order valence-corrected chi connectivity index (χ3v) is 4.01. The largest absolute Gasteiger partial charge is 0.409 e. The molecule has 106 valence electrons. The number of aryl methyl sites for hydroxylation is 1. The highest BCUT2D eigenvalue weighted by atomic mass is 79.9. The Morgan fingerprint density at radius 1 is 1.45 bits per heavy atom. The van der Waals surface area contributed by atoms with Crippen molar-refractivity contribution in [1.82, 2.24) is 9.78 Å². The normalized spacial score (nSPS) is 11.9. The Hall–Kier alpha value is -1.82. The van der Waals surface area contributed by atoms with E-state index in [0.29, 0.717) is 5.56 Å². The Bertz CT molecular complexity index is 676. The van der Waals surface area contributed by atoms with Gasteiger partial charge in [-0.3, -0.25) is 0 Å². The molecule has 0 unspecified atom stereocenters. The maximum atomic E-state index is 8.71. The minimum absolute atomic E-state index is 0.0832. The summed E-state index contributed by atoms with van der Waals surface area (Å²) in [4.78, 5) is 0. The molecule has 0 saturated carbocycles. The highest BCUT2D eigenvalue weighted by molar-refractivity contribution is 9.10. The Morgan fingerprint density at radius 2 is 2.15 bits per heavy atom. The lowest BCUT2D eigenvalue weighted by Gasteiger charge is -2.09. The first-order valence-electron chi connectivity index (χ1n) is 6.32. The second kappa shape index (κ2) is 5.66. The zero-order valence-corrected chi connectivity index (χ0v) is 13.3. The molecule has 2 rings (SSSR count). The lowest BCUT2D eigenvalue weighted by molar-refractivity contribution is 0.318. The summed E-state index contributed by atoms with van der Waals surface area (Å²) in [5, 5.41) is 16.3. The summed E-state index contributed by atoms with van der Waals surface area (Å²) in [6.45, 7) is 6.20. The molecule has 1 aromatic carbocycles. The quantitative estimate of drug-likeness (QED) is 0.391. The first-order chi connectivity index (χ1) is 9.49. The highest BCUT2D eigenvalue weighted by Crippen LogP contribution is 2.25. The summed E-state index contributed by atoms with van der Waals surface area (Å²) in [5.41, 5.74) is 10.6. The van der Waals surface area contributed by atoms with Crippen LogP contribution >= 0.6 is 15.9 Å². The third-order valence-electron chi connectivity index (χ3n) is 3.37. The lowest BCUT2D eigenvalue weighted by atomic mass is 10.1. The van der Waals surface area contributed by atoms with Gasteiger partial charge in [0, 0.05) is 15.7 Å². The smallest absolute Gasteiger partial charge is 0.170 e. The van der Waals surface area contributed by atoms with E-state index in [1.54, 1.807) is 6.07 Å². The van der Waals surface area contributed by atoms with Crippen molar-refractivity contribution < 1.29 is 5.21 Å². The van der Waals surface area contributed by atoms with Crippen LogP contribution in [0.1, 0.15) is 29.4 Å². The van der Waals surface area contributed by atoms with Gasteiger partial charge in [-0.1, -0.05) is 12.1 Å². The number of aromatic nitrogens is 2. The number of oxime groups is 1. The average Bonchev–Trinajstić information content (AvgIpc) is 2.72. The molecule has 3 N–H and O–H groups in total. The Kier molecular flexibility index (Phi) is 4.13. The predicted molar refractivity (Wildman–Crippen MR) is 82.6 cm³/mol. The number of nitrogens with two attached hydrogens (primary N) is 1. The Morgan fingerprint density at radius 3 is 2.65 bits per heavy atom. The second-order valence-corrected chi connectivity index (χ2v) is 5.42. The van der Waals surface area contributed by atoms with Crippen molar-refractivity contribution in [3.05, 3.63) is 45.2 Å². The van der Waals surface area contributed by atoms with Crippen LogP contribution in [0.5, 0.6) is 0 Å². The van der Waals surface area contributed by atoms with Crippen molar-refractivity contribution in [2.45, 2.75) is 27.2 Å². The highest BCUT2D eigenvalue weighted by Gasteiger charge is 2.14. The van der Waals surface area contributed by atoms with Gasteiger partial charge in [0.1, 0.15) is 0 Å². The number of amidine groups is 1. The van der Waals surface area contributed by atoms with Crippen molar-refractivity contribution in [1.29, 1.82) is 0 Å². The van der Waals surface area contributed by atoms with Gasteiger partial charge in [-0.25, -0.2) is 4.68 Å². The molecular formula is C14H17BrN4O. The second-order valence-electron chi connectivity index (χ2n) is 4.57. The van der Waals surface area contributed by atoms with E-state index in [1.807, 2.05) is 23.7 Å². The van der Waals surface area contributed by atoms with E-state index >= 15 is 0 Å². The van der Waals surface area contributed by atoms with Crippen molar-refractivity contribution in [2.75, 3.05) is 0 Å². The number of hydrogen-bond donors (Lipinski definition) is 2. The summed E-state index contributed by atoms with van der Waals surface area (Å²) in [6, 6.07) is 5.51. The maximum Gasteiger partial charge on any atom is 0.170 e. The first kappa shape index (κ1) is 14.6. The fraction of sp³-hybridized carbons (Fsp3) is 0.286. The van der Waals surface area contributed by atoms with E-state index < -0.39 is 0 Å². The molecule has 1 aromatic heterocycles. The standard InChI is InChI=1S/C14H17BrN4O/c1-4-11-8(2)17-19(9(11)3)13-6-5-10(7-12(13)15)14(16)18-20/h5-7,20H,4H2,1-3H3,(H2,16,18). The molecule has 20 heavy (non-hydrogen) atoms. The van der Waals surface area contributed by atoms with Gasteiger partial charge >= 0.3 is 0 Å². The monoisotopic (exact) mass is 336 g/mol. The molecule has 0 amide bonds. The zero-order chi connectivity index (χ0) is 14.9. The van der Waals surface area contributed by atoms with Crippen LogP contribution in [0.15, 0.2) is 27.8 Å². The SMILES string of the molecule is CCc1c(C)nn(-c2ccc(/C(N)=N/O)cc2Br)c1C. The number of nitrogens with zero attached hydrogens (tertiary/aromatic N) is 3.